The number of halogens is 3. The van der Waals surface area contributed by atoms with Gasteiger partial charge in [0.2, 0.25) is 0 Å². The molecule has 1 heterocycles. The van der Waals surface area contributed by atoms with Crippen LogP contribution in [0.4, 0.5) is 13.2 Å². The smallest absolute Gasteiger partial charge is 0.391 e. The van der Waals surface area contributed by atoms with Crippen molar-refractivity contribution in [1.29, 1.82) is 0 Å². The standard InChI is InChI=1S/C27H28F3N2O5P/c1-35-23-11-13-24(14-12-23)38(34,37-16-15-27(28,29)30)32-18-22-10-6-5-9-21(22)17-25(32)26(33)31-36-19-20-7-3-2-4-8-20/h2-14,25H,15-19H2,1H3,(H,31,33)/t25-,38?/m1/s1. The Morgan fingerprint density at radius 1 is 1.00 bits per heavy atom. The van der Waals surface area contributed by atoms with Gasteiger partial charge in [0.1, 0.15) is 11.8 Å². The summed E-state index contributed by atoms with van der Waals surface area (Å²) in [5.74, 6) is -0.105. The number of carbonyl (C=O) groups excluding carboxylic acids is 1. The highest BCUT2D eigenvalue weighted by Gasteiger charge is 2.45. The lowest BCUT2D eigenvalue weighted by molar-refractivity contribution is -0.141. The van der Waals surface area contributed by atoms with Crippen molar-refractivity contribution in [3.8, 4) is 5.75 Å². The van der Waals surface area contributed by atoms with Crippen LogP contribution in [0.15, 0.2) is 78.9 Å². The lowest BCUT2D eigenvalue weighted by Crippen LogP contribution is -2.50. The molecule has 2 atom stereocenters. The van der Waals surface area contributed by atoms with Crippen LogP contribution in [0, 0.1) is 0 Å². The minimum atomic E-state index is -4.50. The number of hydrogen-bond donors (Lipinski definition) is 1. The molecule has 7 nitrogen and oxygen atoms in total. The van der Waals surface area contributed by atoms with Crippen LogP contribution < -0.4 is 15.5 Å². The third kappa shape index (κ3) is 6.82. The van der Waals surface area contributed by atoms with Gasteiger partial charge < -0.3 is 9.26 Å². The van der Waals surface area contributed by atoms with Gasteiger partial charge in [0.05, 0.1) is 32.0 Å². The monoisotopic (exact) mass is 548 g/mol. The highest BCUT2D eigenvalue weighted by Crippen LogP contribution is 2.54. The number of ether oxygens (including phenoxy) is 1. The summed E-state index contributed by atoms with van der Waals surface area (Å²) >= 11 is 0. The highest BCUT2D eigenvalue weighted by molar-refractivity contribution is 7.64. The summed E-state index contributed by atoms with van der Waals surface area (Å²) in [7, 11) is -2.69. The van der Waals surface area contributed by atoms with Gasteiger partial charge in [0.15, 0.2) is 0 Å². The Morgan fingerprint density at radius 2 is 1.66 bits per heavy atom. The number of alkyl halides is 3. The summed E-state index contributed by atoms with van der Waals surface area (Å²) in [5, 5.41) is 0.155. The van der Waals surface area contributed by atoms with E-state index in [0.29, 0.717) is 5.75 Å². The molecule has 202 valence electrons. The molecule has 0 saturated heterocycles. The average molecular weight is 548 g/mol. The second-order valence-corrected chi connectivity index (χ2v) is 11.1. The van der Waals surface area contributed by atoms with Gasteiger partial charge >= 0.3 is 13.7 Å². The van der Waals surface area contributed by atoms with Crippen molar-refractivity contribution in [2.24, 2.45) is 0 Å². The van der Waals surface area contributed by atoms with Crippen molar-refractivity contribution in [2.45, 2.75) is 38.2 Å². The molecule has 1 amide bonds. The predicted molar refractivity (Wildman–Crippen MR) is 136 cm³/mol. The minimum absolute atomic E-state index is 0.0300. The Labute approximate surface area is 219 Å². The molecule has 4 rings (SSSR count). The molecule has 0 bridgehead atoms. The maximum atomic E-state index is 14.6. The number of carbonyl (C=O) groups is 1. The van der Waals surface area contributed by atoms with Crippen LogP contribution in [0.1, 0.15) is 23.1 Å². The third-order valence-corrected chi connectivity index (χ3v) is 8.75. The predicted octanol–water partition coefficient (Wildman–Crippen LogP) is 5.16. The largest absolute Gasteiger partial charge is 0.497 e. The van der Waals surface area contributed by atoms with Crippen LogP contribution >= 0.6 is 7.52 Å². The van der Waals surface area contributed by atoms with Crippen LogP contribution in [0.2, 0.25) is 0 Å². The zero-order chi connectivity index (χ0) is 27.2. The van der Waals surface area contributed by atoms with Crippen molar-refractivity contribution >= 4 is 18.7 Å². The molecule has 0 radical (unpaired) electrons. The van der Waals surface area contributed by atoms with Crippen molar-refractivity contribution in [1.82, 2.24) is 10.2 Å². The van der Waals surface area contributed by atoms with E-state index in [-0.39, 0.29) is 24.9 Å². The van der Waals surface area contributed by atoms with E-state index >= 15 is 0 Å². The van der Waals surface area contributed by atoms with Crippen LogP contribution in [-0.2, 0) is 38.3 Å². The number of hydrogen-bond acceptors (Lipinski definition) is 5. The lowest BCUT2D eigenvalue weighted by atomic mass is 9.95. The average Bonchev–Trinajstić information content (AvgIpc) is 2.92. The molecule has 0 aliphatic carbocycles. The number of methoxy groups -OCH3 is 1. The number of nitrogens with one attached hydrogen (secondary N) is 1. The van der Waals surface area contributed by atoms with Crippen molar-refractivity contribution in [2.75, 3.05) is 13.7 Å². The van der Waals surface area contributed by atoms with Crippen molar-refractivity contribution < 1.29 is 36.6 Å². The zero-order valence-electron chi connectivity index (χ0n) is 20.7. The Hall–Kier alpha value is -3.17. The number of amides is 1. The Balaban J connectivity index is 1.65. The molecule has 1 N–H and O–H groups in total. The maximum absolute atomic E-state index is 14.6. The van der Waals surface area contributed by atoms with Crippen LogP contribution in [0.3, 0.4) is 0 Å². The first-order chi connectivity index (χ1) is 18.2. The molecule has 38 heavy (non-hydrogen) atoms. The molecule has 1 unspecified atom stereocenters. The van der Waals surface area contributed by atoms with Crippen LogP contribution in [0.25, 0.3) is 0 Å². The molecule has 3 aromatic rings. The van der Waals surface area contributed by atoms with E-state index in [0.717, 1.165) is 16.7 Å². The fourth-order valence-electron chi connectivity index (χ4n) is 4.20. The molecule has 3 aromatic carbocycles. The molecule has 0 aromatic heterocycles. The molecule has 11 heteroatoms. The number of benzene rings is 3. The fourth-order valence-corrected chi connectivity index (χ4v) is 6.55. The molecule has 0 saturated carbocycles. The highest BCUT2D eigenvalue weighted by atomic mass is 31.2. The summed E-state index contributed by atoms with van der Waals surface area (Å²) in [6.07, 6.45) is -5.62. The first-order valence-corrected chi connectivity index (χ1v) is 13.5. The summed E-state index contributed by atoms with van der Waals surface area (Å²) < 4.78 is 65.6. The van der Waals surface area contributed by atoms with Gasteiger partial charge in [-0.3, -0.25) is 14.2 Å². The van der Waals surface area contributed by atoms with E-state index in [2.05, 4.69) is 5.48 Å². The molecular weight excluding hydrogens is 520 g/mol. The van der Waals surface area contributed by atoms with E-state index < -0.39 is 38.7 Å². The summed E-state index contributed by atoms with van der Waals surface area (Å²) in [5.41, 5.74) is 4.92. The second-order valence-electron chi connectivity index (χ2n) is 8.74. The number of fused-ring (bicyclic) bond motifs is 1. The van der Waals surface area contributed by atoms with Crippen LogP contribution in [0.5, 0.6) is 5.75 Å². The summed E-state index contributed by atoms with van der Waals surface area (Å²) in [4.78, 5) is 18.8. The van der Waals surface area contributed by atoms with E-state index in [9.17, 15) is 22.5 Å². The second kappa shape index (κ2) is 12.1. The molecule has 0 fully saturated rings. The fraction of sp³-hybridized carbons (Fsp3) is 0.296. The Morgan fingerprint density at radius 3 is 2.32 bits per heavy atom. The van der Waals surface area contributed by atoms with Gasteiger partial charge in [0, 0.05) is 6.54 Å². The summed E-state index contributed by atoms with van der Waals surface area (Å²) in [6, 6.07) is 21.6. The molecule has 1 aliphatic rings. The van der Waals surface area contributed by atoms with Crippen molar-refractivity contribution in [3.63, 3.8) is 0 Å². The van der Waals surface area contributed by atoms with E-state index in [4.69, 9.17) is 14.1 Å². The zero-order valence-corrected chi connectivity index (χ0v) is 21.6. The van der Waals surface area contributed by atoms with E-state index in [1.807, 2.05) is 54.6 Å². The first-order valence-electron chi connectivity index (χ1n) is 11.9. The first kappa shape index (κ1) is 27.9. The van der Waals surface area contributed by atoms with E-state index in [1.54, 1.807) is 12.1 Å². The van der Waals surface area contributed by atoms with Gasteiger partial charge in [-0.25, -0.2) is 10.2 Å². The van der Waals surface area contributed by atoms with Gasteiger partial charge in [-0.1, -0.05) is 54.6 Å². The van der Waals surface area contributed by atoms with Gasteiger partial charge in [0.25, 0.3) is 5.91 Å². The quantitative estimate of drug-likeness (QED) is 0.279. The lowest BCUT2D eigenvalue weighted by Gasteiger charge is -2.40. The number of nitrogens with zero attached hydrogens (tertiary/aromatic N) is 1. The normalized spacial score (nSPS) is 17.3. The topological polar surface area (TPSA) is 77.1 Å². The minimum Gasteiger partial charge on any atom is -0.497 e. The summed E-state index contributed by atoms with van der Waals surface area (Å²) in [6.45, 7) is -0.694. The Bertz CT molecular complexity index is 1270. The SMILES string of the molecule is COc1ccc(P(=O)(OCCC(F)(F)F)N2Cc3ccccc3C[C@@H]2C(=O)NOCc2ccccc2)cc1. The molecule has 0 spiro atoms. The third-order valence-electron chi connectivity index (χ3n) is 6.17. The van der Waals surface area contributed by atoms with Gasteiger partial charge in [-0.15, -0.1) is 0 Å². The molecular formula is C27H28F3N2O5P. The van der Waals surface area contributed by atoms with E-state index in [1.165, 1.54) is 23.9 Å². The van der Waals surface area contributed by atoms with Crippen molar-refractivity contribution in [3.05, 3.63) is 95.6 Å². The number of rotatable bonds is 10. The number of hydroxylamine groups is 1. The van der Waals surface area contributed by atoms with Crippen LogP contribution in [-0.4, -0.2) is 36.5 Å². The molecule has 1 aliphatic heterocycles. The Kier molecular flexibility index (Phi) is 8.89. The van der Waals surface area contributed by atoms with Gasteiger partial charge in [-0.05, 0) is 47.4 Å². The maximum Gasteiger partial charge on any atom is 0.391 e. The van der Waals surface area contributed by atoms with Gasteiger partial charge in [-0.2, -0.15) is 13.2 Å².